The maximum absolute atomic E-state index is 10.0. The van der Waals surface area contributed by atoms with E-state index in [9.17, 15) is 5.11 Å². The number of rotatable bonds is 1. The van der Waals surface area contributed by atoms with Crippen LogP contribution < -0.4 is 5.73 Å². The highest BCUT2D eigenvalue weighted by Gasteiger charge is 2.73. The highest BCUT2D eigenvalue weighted by atomic mass is 16.8. The van der Waals surface area contributed by atoms with Crippen LogP contribution in [0.15, 0.2) is 0 Å². The summed E-state index contributed by atoms with van der Waals surface area (Å²) < 4.78 is 16.0. The van der Waals surface area contributed by atoms with E-state index in [1.807, 2.05) is 0 Å². The predicted octanol–water partition coefficient (Wildman–Crippen LogP) is -1.71. The van der Waals surface area contributed by atoms with Crippen LogP contribution in [0.25, 0.3) is 0 Å². The van der Waals surface area contributed by atoms with Gasteiger partial charge in [-0.15, -0.1) is 0 Å². The van der Waals surface area contributed by atoms with Crippen molar-refractivity contribution in [2.75, 3.05) is 13.3 Å². The molecule has 0 aromatic heterocycles. The van der Waals surface area contributed by atoms with Crippen molar-refractivity contribution in [3.05, 3.63) is 0 Å². The lowest BCUT2D eigenvalue weighted by Crippen LogP contribution is -2.72. The van der Waals surface area contributed by atoms with Gasteiger partial charge in [-0.1, -0.05) is 0 Å². The Labute approximate surface area is 82.9 Å². The van der Waals surface area contributed by atoms with Crippen LogP contribution in [0, 0.1) is 5.92 Å². The third kappa shape index (κ3) is 0.839. The molecule has 6 heteroatoms. The van der Waals surface area contributed by atoms with Crippen molar-refractivity contribution in [3.63, 3.8) is 0 Å². The smallest absolute Gasteiger partial charge is 0.179 e. The van der Waals surface area contributed by atoms with Crippen molar-refractivity contribution in [3.8, 4) is 0 Å². The van der Waals surface area contributed by atoms with E-state index in [0.717, 1.165) is 0 Å². The van der Waals surface area contributed by atoms with Crippen LogP contribution in [0.1, 0.15) is 6.42 Å². The van der Waals surface area contributed by atoms with Gasteiger partial charge >= 0.3 is 0 Å². The Morgan fingerprint density at radius 2 is 2.36 bits per heavy atom. The number of hydrogen-bond acceptors (Lipinski definition) is 5. The fourth-order valence-corrected chi connectivity index (χ4v) is 2.92. The number of ether oxygens (including phenoxy) is 3. The van der Waals surface area contributed by atoms with Crippen LogP contribution in [0.2, 0.25) is 0 Å². The van der Waals surface area contributed by atoms with E-state index in [1.54, 1.807) is 0 Å². The van der Waals surface area contributed by atoms with Crippen molar-refractivity contribution >= 4 is 7.85 Å². The molecule has 1 aliphatic carbocycles. The summed E-state index contributed by atoms with van der Waals surface area (Å²) in [7, 11) is 5.76. The summed E-state index contributed by atoms with van der Waals surface area (Å²) in [4.78, 5) is 0. The first kappa shape index (κ1) is 9.12. The van der Waals surface area contributed by atoms with E-state index in [1.165, 1.54) is 0 Å². The Morgan fingerprint density at radius 1 is 1.57 bits per heavy atom. The second-order valence-corrected chi connectivity index (χ2v) is 4.24. The van der Waals surface area contributed by atoms with E-state index in [0.29, 0.717) is 13.0 Å². The molecule has 5 nitrogen and oxygen atoms in total. The van der Waals surface area contributed by atoms with Crippen molar-refractivity contribution in [2.24, 2.45) is 11.7 Å². The molecule has 0 aromatic rings. The summed E-state index contributed by atoms with van der Waals surface area (Å²) in [5, 5.41) is 10.0. The summed E-state index contributed by atoms with van der Waals surface area (Å²) in [5.74, 6) is -1.39. The molecule has 14 heavy (non-hydrogen) atoms. The average molecular weight is 197 g/mol. The van der Waals surface area contributed by atoms with E-state index >= 15 is 0 Å². The van der Waals surface area contributed by atoms with Crippen molar-refractivity contribution in [1.29, 1.82) is 0 Å². The fraction of sp³-hybridized carbons (Fsp3) is 1.00. The van der Waals surface area contributed by atoms with E-state index < -0.39 is 17.4 Å². The maximum Gasteiger partial charge on any atom is 0.179 e. The second-order valence-electron chi connectivity index (χ2n) is 4.24. The van der Waals surface area contributed by atoms with Gasteiger partial charge in [-0.25, -0.2) is 0 Å². The molecule has 0 spiro atoms. The molecular weight excluding hydrogens is 185 g/mol. The summed E-state index contributed by atoms with van der Waals surface area (Å²) in [6.45, 7) is 0.395. The first-order valence-corrected chi connectivity index (χ1v) is 4.73. The normalized spacial score (nSPS) is 60.6. The van der Waals surface area contributed by atoms with Crippen molar-refractivity contribution < 1.29 is 19.3 Å². The molecule has 2 saturated heterocycles. The fourth-order valence-electron chi connectivity index (χ4n) is 2.92. The quantitative estimate of drug-likeness (QED) is 0.489. The lowest BCUT2D eigenvalue weighted by atomic mass is 9.61. The zero-order chi connectivity index (χ0) is 9.97. The van der Waals surface area contributed by atoms with Crippen molar-refractivity contribution in [2.45, 2.75) is 29.9 Å². The lowest BCUT2D eigenvalue weighted by Gasteiger charge is -2.57. The van der Waals surface area contributed by atoms with Gasteiger partial charge in [0.1, 0.15) is 7.85 Å². The Balaban J connectivity index is 1.96. The summed E-state index contributed by atoms with van der Waals surface area (Å²) in [6.07, 6.45) is 0.0837. The Morgan fingerprint density at radius 3 is 3.07 bits per heavy atom. The standard InChI is InChI=1S/C8H12BNO4/c9-6-4-5-7(2-10,14-6)1-8(5,11)13-3-12-4/h4-6,11H,1-3,10H2/t4?,5?,6-,7-,8?/m1/s1. The van der Waals surface area contributed by atoms with Gasteiger partial charge in [0.25, 0.3) is 0 Å². The molecule has 1 saturated carbocycles. The highest BCUT2D eigenvalue weighted by molar-refractivity contribution is 6.11. The first-order chi connectivity index (χ1) is 6.61. The van der Waals surface area contributed by atoms with Crippen LogP contribution in [0.3, 0.4) is 0 Å². The zero-order valence-electron chi connectivity index (χ0n) is 7.68. The molecular formula is C8H12BNO4. The van der Waals surface area contributed by atoms with Gasteiger partial charge < -0.3 is 25.1 Å². The number of hydrogen-bond donors (Lipinski definition) is 2. The molecule has 2 aliphatic heterocycles. The van der Waals surface area contributed by atoms with Gasteiger partial charge in [0, 0.05) is 19.0 Å². The summed E-state index contributed by atoms with van der Waals surface area (Å²) in [6, 6.07) is -0.513. The SMILES string of the molecule is [B][C@@H]1O[C@@]2(CN)CC3(O)OCOC1C32. The van der Waals surface area contributed by atoms with E-state index in [4.69, 9.17) is 27.8 Å². The van der Waals surface area contributed by atoms with Crippen LogP contribution in [-0.2, 0) is 14.2 Å². The minimum absolute atomic E-state index is 0.0649. The molecule has 5 atom stereocenters. The van der Waals surface area contributed by atoms with E-state index in [2.05, 4.69) is 0 Å². The minimum atomic E-state index is -1.14. The predicted molar refractivity (Wildman–Crippen MR) is 46.3 cm³/mol. The molecule has 0 amide bonds. The third-order valence-electron chi connectivity index (χ3n) is 3.54. The first-order valence-electron chi connectivity index (χ1n) is 4.73. The van der Waals surface area contributed by atoms with Crippen LogP contribution in [0.5, 0.6) is 0 Å². The van der Waals surface area contributed by atoms with Gasteiger partial charge in [-0.05, 0) is 0 Å². The van der Waals surface area contributed by atoms with Gasteiger partial charge in [-0.3, -0.25) is 0 Å². The molecule has 2 radical (unpaired) electrons. The molecule has 0 bridgehead atoms. The molecule has 0 aromatic carbocycles. The summed E-state index contributed by atoms with van der Waals surface area (Å²) in [5.41, 5.74) is 5.09. The maximum atomic E-state index is 10.0. The monoisotopic (exact) mass is 197 g/mol. The summed E-state index contributed by atoms with van der Waals surface area (Å²) >= 11 is 0. The Bertz CT molecular complexity index is 278. The van der Waals surface area contributed by atoms with Gasteiger partial charge in [-0.2, -0.15) is 0 Å². The molecule has 2 heterocycles. The second kappa shape index (κ2) is 2.51. The molecule has 3 rings (SSSR count). The zero-order valence-corrected chi connectivity index (χ0v) is 7.68. The lowest BCUT2D eigenvalue weighted by molar-refractivity contribution is -0.398. The molecule has 3 N–H and O–H groups in total. The van der Waals surface area contributed by atoms with Gasteiger partial charge in [0.05, 0.1) is 17.6 Å². The number of aliphatic hydroxyl groups is 1. The van der Waals surface area contributed by atoms with Crippen LogP contribution in [0.4, 0.5) is 0 Å². The Kier molecular flexibility index (Phi) is 1.63. The van der Waals surface area contributed by atoms with Crippen molar-refractivity contribution in [1.82, 2.24) is 0 Å². The average Bonchev–Trinajstić information content (AvgIpc) is 2.39. The Hall–Kier alpha value is -0.135. The van der Waals surface area contributed by atoms with Crippen LogP contribution >= 0.6 is 0 Å². The molecule has 3 unspecified atom stereocenters. The van der Waals surface area contributed by atoms with Gasteiger partial charge in [0.2, 0.25) is 0 Å². The van der Waals surface area contributed by atoms with Gasteiger partial charge in [0.15, 0.2) is 12.6 Å². The molecule has 76 valence electrons. The largest absolute Gasteiger partial charge is 0.377 e. The van der Waals surface area contributed by atoms with Crippen LogP contribution in [-0.4, -0.2) is 49.8 Å². The topological polar surface area (TPSA) is 73.9 Å². The minimum Gasteiger partial charge on any atom is -0.377 e. The highest BCUT2D eigenvalue weighted by Crippen LogP contribution is 2.59. The molecule has 3 fully saturated rings. The molecule has 3 aliphatic rings. The number of nitrogens with two attached hydrogens (primary N) is 1. The third-order valence-corrected chi connectivity index (χ3v) is 3.54. The van der Waals surface area contributed by atoms with E-state index in [-0.39, 0.29) is 18.8 Å².